The Bertz CT molecular complexity index is 1930. The zero-order valence-corrected chi connectivity index (χ0v) is 20.9. The molecule has 2 aliphatic heterocycles. The Balaban J connectivity index is 1.32. The van der Waals surface area contributed by atoms with Gasteiger partial charge in [0, 0.05) is 11.1 Å². The summed E-state index contributed by atoms with van der Waals surface area (Å²) >= 11 is 0. The summed E-state index contributed by atoms with van der Waals surface area (Å²) < 4.78 is 0. The van der Waals surface area contributed by atoms with Crippen LogP contribution in [0.5, 0.6) is 0 Å². The number of hydrogen-bond acceptors (Lipinski definition) is 4. The van der Waals surface area contributed by atoms with E-state index in [-0.39, 0.29) is 0 Å². The van der Waals surface area contributed by atoms with Gasteiger partial charge in [0.1, 0.15) is 0 Å². The van der Waals surface area contributed by atoms with Crippen LogP contribution in [0.4, 0.5) is 9.59 Å². The summed E-state index contributed by atoms with van der Waals surface area (Å²) in [4.78, 5) is 51.2. The van der Waals surface area contributed by atoms with E-state index in [1.54, 1.807) is 6.08 Å². The van der Waals surface area contributed by atoms with Crippen molar-refractivity contribution in [3.05, 3.63) is 113 Å². The SMILES string of the molecule is C=Cc1ccc2c(c1)C1(NC(=O)NC1=O)c1ccc(-c3ccc4c(c3)C3(NC(=O)NC3=O)c3ccccc3-4)cc1-2. The smallest absolute Gasteiger partial charge is 0.316 e. The van der Waals surface area contributed by atoms with Gasteiger partial charge in [0.25, 0.3) is 11.8 Å². The number of carbonyl (C=O) groups is 4. The molecule has 4 aromatic rings. The molecule has 2 fully saturated rings. The highest BCUT2D eigenvalue weighted by atomic mass is 16.2. The predicted molar refractivity (Wildman–Crippen MR) is 148 cm³/mol. The number of hydrogen-bond donors (Lipinski definition) is 4. The van der Waals surface area contributed by atoms with Crippen molar-refractivity contribution < 1.29 is 19.2 Å². The molecule has 8 nitrogen and oxygen atoms in total. The summed E-state index contributed by atoms with van der Waals surface area (Å²) in [7, 11) is 0. The van der Waals surface area contributed by atoms with Crippen molar-refractivity contribution in [2.45, 2.75) is 11.1 Å². The topological polar surface area (TPSA) is 116 Å². The first-order valence-electron chi connectivity index (χ1n) is 12.8. The lowest BCUT2D eigenvalue weighted by Gasteiger charge is -2.24. The molecule has 2 aliphatic carbocycles. The third kappa shape index (κ3) is 2.55. The first kappa shape index (κ1) is 22.5. The highest BCUT2D eigenvalue weighted by Crippen LogP contribution is 2.52. The average Bonchev–Trinajstić information content (AvgIpc) is 3.63. The molecule has 2 unspecified atom stereocenters. The standard InChI is InChI=1S/C32H20N4O4/c1-2-16-7-10-21-22-14-17(9-12-24(22)32(25(21)13-16)28(38)34-30(40)36-32)18-8-11-20-19-5-3-4-6-23(19)31(26(20)15-18)27(37)33-29(39)35-31/h2-15H,1H2,(H2,33,35,37,39)(H2,34,36,38,40). The van der Waals surface area contributed by atoms with Gasteiger partial charge in [0.2, 0.25) is 0 Å². The molecule has 4 aromatic carbocycles. The quantitative estimate of drug-likeness (QED) is 0.295. The molecule has 40 heavy (non-hydrogen) atoms. The lowest BCUT2D eigenvalue weighted by molar-refractivity contribution is -0.123. The highest BCUT2D eigenvalue weighted by molar-refractivity contribution is 6.14. The predicted octanol–water partition coefficient (Wildman–Crippen LogP) is 4.12. The van der Waals surface area contributed by atoms with Crippen molar-refractivity contribution in [2.75, 3.05) is 0 Å². The number of benzene rings is 4. The number of rotatable bonds is 2. The molecular weight excluding hydrogens is 504 g/mol. The molecule has 6 amide bonds. The molecule has 2 saturated heterocycles. The number of urea groups is 2. The van der Waals surface area contributed by atoms with Crippen LogP contribution in [0, 0.1) is 0 Å². The molecule has 0 aromatic heterocycles. The van der Waals surface area contributed by atoms with Crippen LogP contribution < -0.4 is 21.3 Å². The van der Waals surface area contributed by atoms with Gasteiger partial charge in [-0.3, -0.25) is 20.2 Å². The number of imide groups is 2. The van der Waals surface area contributed by atoms with Gasteiger partial charge in [-0.1, -0.05) is 73.3 Å². The lowest BCUT2D eigenvalue weighted by atomic mass is 9.85. The fourth-order valence-electron chi connectivity index (χ4n) is 6.78. The van der Waals surface area contributed by atoms with Crippen molar-refractivity contribution in [1.29, 1.82) is 0 Å². The van der Waals surface area contributed by atoms with Gasteiger partial charge >= 0.3 is 12.1 Å². The van der Waals surface area contributed by atoms with Crippen LogP contribution in [0.2, 0.25) is 0 Å². The van der Waals surface area contributed by atoms with Crippen LogP contribution in [-0.4, -0.2) is 23.9 Å². The maximum Gasteiger partial charge on any atom is 0.322 e. The average molecular weight is 525 g/mol. The van der Waals surface area contributed by atoms with Gasteiger partial charge in [-0.25, -0.2) is 9.59 Å². The lowest BCUT2D eigenvalue weighted by Crippen LogP contribution is -2.43. The molecule has 2 atom stereocenters. The zero-order chi connectivity index (χ0) is 27.4. The van der Waals surface area contributed by atoms with E-state index in [9.17, 15) is 19.2 Å². The molecule has 4 aliphatic rings. The van der Waals surface area contributed by atoms with Gasteiger partial charge in [0.15, 0.2) is 11.1 Å². The largest absolute Gasteiger partial charge is 0.322 e. The van der Waals surface area contributed by atoms with E-state index < -0.39 is 35.0 Å². The molecule has 8 heteroatoms. The molecule has 8 rings (SSSR count). The monoisotopic (exact) mass is 524 g/mol. The van der Waals surface area contributed by atoms with Crippen molar-refractivity contribution in [3.63, 3.8) is 0 Å². The van der Waals surface area contributed by atoms with Crippen molar-refractivity contribution in [2.24, 2.45) is 0 Å². The van der Waals surface area contributed by atoms with E-state index in [1.165, 1.54) is 0 Å². The Morgan fingerprint density at radius 1 is 0.550 bits per heavy atom. The van der Waals surface area contributed by atoms with Crippen LogP contribution in [0.25, 0.3) is 39.5 Å². The fourth-order valence-corrected chi connectivity index (χ4v) is 6.78. The number of fused-ring (bicyclic) bond motifs is 10. The Morgan fingerprint density at radius 3 is 1.77 bits per heavy atom. The van der Waals surface area contributed by atoms with Gasteiger partial charge in [0.05, 0.1) is 0 Å². The molecule has 2 heterocycles. The maximum absolute atomic E-state index is 13.3. The Labute approximate surface area is 228 Å². The minimum Gasteiger partial charge on any atom is -0.316 e. The van der Waals surface area contributed by atoms with Crippen LogP contribution in [0.15, 0.2) is 85.4 Å². The van der Waals surface area contributed by atoms with Crippen LogP contribution in [-0.2, 0) is 20.7 Å². The second-order valence-electron chi connectivity index (χ2n) is 10.4. The molecule has 0 bridgehead atoms. The van der Waals surface area contributed by atoms with Gasteiger partial charge in [-0.15, -0.1) is 0 Å². The summed E-state index contributed by atoms with van der Waals surface area (Å²) in [6.07, 6.45) is 1.70. The summed E-state index contributed by atoms with van der Waals surface area (Å²) in [6.45, 7) is 3.85. The van der Waals surface area contributed by atoms with Crippen LogP contribution in [0.1, 0.15) is 27.8 Å². The van der Waals surface area contributed by atoms with Crippen LogP contribution >= 0.6 is 0 Å². The second kappa shape index (κ2) is 7.33. The minimum absolute atomic E-state index is 0.410. The number of amides is 6. The molecule has 4 N–H and O–H groups in total. The van der Waals surface area contributed by atoms with E-state index in [1.807, 2.05) is 78.9 Å². The van der Waals surface area contributed by atoms with Gasteiger partial charge in [-0.05, 0) is 68.3 Å². The summed E-state index contributed by atoms with van der Waals surface area (Å²) in [6, 6.07) is 23.9. The molecule has 2 spiro atoms. The molecule has 0 saturated carbocycles. The minimum atomic E-state index is -1.32. The molecule has 0 radical (unpaired) electrons. The van der Waals surface area contributed by atoms with E-state index in [0.29, 0.717) is 16.7 Å². The van der Waals surface area contributed by atoms with E-state index in [4.69, 9.17) is 0 Å². The normalized spacial score (nSPS) is 22.8. The van der Waals surface area contributed by atoms with Crippen molar-refractivity contribution in [1.82, 2.24) is 21.3 Å². The molecular formula is C32H20N4O4. The first-order valence-corrected chi connectivity index (χ1v) is 12.8. The third-order valence-electron chi connectivity index (χ3n) is 8.51. The highest BCUT2D eigenvalue weighted by Gasteiger charge is 2.56. The summed E-state index contributed by atoms with van der Waals surface area (Å²) in [5.74, 6) is -0.835. The molecule has 192 valence electrons. The third-order valence-corrected chi connectivity index (χ3v) is 8.51. The fraction of sp³-hybridized carbons (Fsp3) is 0.0625. The first-order chi connectivity index (χ1) is 19.4. The second-order valence-corrected chi connectivity index (χ2v) is 10.4. The number of carbonyl (C=O) groups excluding carboxylic acids is 4. The number of nitrogens with one attached hydrogen (secondary N) is 4. The Morgan fingerprint density at radius 2 is 1.10 bits per heavy atom. The van der Waals surface area contributed by atoms with Crippen molar-refractivity contribution in [3.8, 4) is 33.4 Å². The Kier molecular flexibility index (Phi) is 4.12. The zero-order valence-electron chi connectivity index (χ0n) is 20.9. The van der Waals surface area contributed by atoms with Crippen LogP contribution in [0.3, 0.4) is 0 Å². The summed E-state index contributed by atoms with van der Waals surface area (Å²) in [5, 5.41) is 10.6. The van der Waals surface area contributed by atoms with Gasteiger partial charge < -0.3 is 10.6 Å². The maximum atomic E-state index is 13.3. The van der Waals surface area contributed by atoms with E-state index in [0.717, 1.165) is 44.5 Å². The van der Waals surface area contributed by atoms with Gasteiger partial charge in [-0.2, -0.15) is 0 Å². The van der Waals surface area contributed by atoms with E-state index >= 15 is 0 Å². The van der Waals surface area contributed by atoms with Crippen molar-refractivity contribution >= 4 is 30.0 Å². The Hall–Kier alpha value is -5.50. The van der Waals surface area contributed by atoms with E-state index in [2.05, 4.69) is 27.8 Å². The summed E-state index contributed by atoms with van der Waals surface area (Å²) in [5.41, 5.74) is 6.15.